The first-order chi connectivity index (χ1) is 5.08. The first-order valence-corrected chi connectivity index (χ1v) is 5.08. The van der Waals surface area contributed by atoms with E-state index in [2.05, 4.69) is 4.72 Å². The Hall–Kier alpha value is -0.130. The zero-order chi connectivity index (χ0) is 8.32. The Morgan fingerprint density at radius 3 is 2.73 bits per heavy atom. The van der Waals surface area contributed by atoms with Crippen molar-refractivity contribution >= 4 is 10.3 Å². The zero-order valence-electron chi connectivity index (χ0n) is 6.16. The fourth-order valence-corrected chi connectivity index (χ4v) is 1.90. The van der Waals surface area contributed by atoms with Gasteiger partial charge in [0, 0.05) is 6.04 Å². The Morgan fingerprint density at radius 1 is 1.55 bits per heavy atom. The van der Waals surface area contributed by atoms with Crippen molar-refractivity contribution in [1.82, 2.24) is 4.72 Å². The zero-order valence-corrected chi connectivity index (χ0v) is 6.97. The Labute approximate surface area is 66.9 Å². The van der Waals surface area contributed by atoms with Gasteiger partial charge in [0.15, 0.2) is 0 Å². The summed E-state index contributed by atoms with van der Waals surface area (Å²) in [7, 11) is -3.99. The molecule has 2 N–H and O–H groups in total. The lowest BCUT2D eigenvalue weighted by molar-refractivity contribution is 0.422. The van der Waals surface area contributed by atoms with Crippen LogP contribution < -0.4 is 4.72 Å². The summed E-state index contributed by atoms with van der Waals surface area (Å²) >= 11 is 0. The van der Waals surface area contributed by atoms with Gasteiger partial charge in [-0.05, 0) is 19.3 Å². The highest BCUT2D eigenvalue weighted by molar-refractivity contribution is 7.83. The number of hydrogen-bond donors (Lipinski definition) is 2. The van der Waals surface area contributed by atoms with Gasteiger partial charge < -0.3 is 0 Å². The van der Waals surface area contributed by atoms with Gasteiger partial charge in [0.25, 0.3) is 0 Å². The third-order valence-corrected chi connectivity index (χ3v) is 2.36. The molecule has 0 aromatic rings. The molecule has 1 rings (SSSR count). The molecule has 4 nitrogen and oxygen atoms in total. The fourth-order valence-electron chi connectivity index (χ4n) is 1.26. The van der Waals surface area contributed by atoms with E-state index < -0.39 is 10.3 Å². The molecular weight excluding hydrogens is 166 g/mol. The van der Waals surface area contributed by atoms with E-state index in [-0.39, 0.29) is 6.04 Å². The summed E-state index contributed by atoms with van der Waals surface area (Å²) < 4.78 is 31.2. The molecule has 0 heterocycles. The molecule has 65 valence electrons. The van der Waals surface area contributed by atoms with E-state index in [0.29, 0.717) is 0 Å². The molecule has 1 atom stereocenters. The van der Waals surface area contributed by atoms with E-state index in [1.807, 2.05) is 6.42 Å². The molecule has 0 aliphatic heterocycles. The van der Waals surface area contributed by atoms with Gasteiger partial charge in [-0.15, -0.1) is 0 Å². The van der Waals surface area contributed by atoms with Crippen LogP contribution in [0.4, 0.5) is 0 Å². The topological polar surface area (TPSA) is 66.4 Å². The summed E-state index contributed by atoms with van der Waals surface area (Å²) in [5.41, 5.74) is 0. The van der Waals surface area contributed by atoms with Gasteiger partial charge in [0.1, 0.15) is 0 Å². The molecule has 0 aromatic carbocycles. The smallest absolute Gasteiger partial charge is 0.273 e. The molecule has 1 aliphatic carbocycles. The number of rotatable bonds is 2. The molecule has 0 bridgehead atoms. The maximum atomic E-state index is 10.3. The second-order valence-electron chi connectivity index (χ2n) is 2.75. The van der Waals surface area contributed by atoms with Crippen molar-refractivity contribution < 1.29 is 13.0 Å². The van der Waals surface area contributed by atoms with Crippen LogP contribution in [0, 0.1) is 6.42 Å². The molecule has 0 aromatic heterocycles. The molecule has 0 amide bonds. The van der Waals surface area contributed by atoms with Crippen LogP contribution in [-0.2, 0) is 10.3 Å². The van der Waals surface area contributed by atoms with Crippen LogP contribution in [0.2, 0.25) is 0 Å². The Balaban J connectivity index is 2.36. The quantitative estimate of drug-likeness (QED) is 0.606. The monoisotopic (exact) mass is 178 g/mol. The minimum atomic E-state index is -3.99. The first-order valence-electron chi connectivity index (χ1n) is 3.64. The maximum Gasteiger partial charge on any atom is 0.333 e. The maximum absolute atomic E-state index is 10.3. The minimum absolute atomic E-state index is 0.0984. The largest absolute Gasteiger partial charge is 0.333 e. The van der Waals surface area contributed by atoms with Gasteiger partial charge >= 0.3 is 10.3 Å². The summed E-state index contributed by atoms with van der Waals surface area (Å²) in [4.78, 5) is 0. The summed E-state index contributed by atoms with van der Waals surface area (Å²) in [6, 6.07) is -0.0984. The lowest BCUT2D eigenvalue weighted by Gasteiger charge is -2.20. The third kappa shape index (κ3) is 3.69. The van der Waals surface area contributed by atoms with E-state index in [1.54, 1.807) is 0 Å². The van der Waals surface area contributed by atoms with Crippen molar-refractivity contribution in [2.24, 2.45) is 0 Å². The second-order valence-corrected chi connectivity index (χ2v) is 3.93. The fraction of sp³-hybridized carbons (Fsp3) is 0.833. The van der Waals surface area contributed by atoms with Crippen LogP contribution >= 0.6 is 0 Å². The van der Waals surface area contributed by atoms with Crippen molar-refractivity contribution in [2.75, 3.05) is 0 Å². The SMILES string of the molecule is O=S(=O)(O)NC1C[CH]CCC1. The predicted octanol–water partition coefficient (Wildman–Crippen LogP) is 0.526. The van der Waals surface area contributed by atoms with Crippen molar-refractivity contribution in [2.45, 2.75) is 31.7 Å². The summed E-state index contributed by atoms with van der Waals surface area (Å²) in [6.45, 7) is 0. The highest BCUT2D eigenvalue weighted by Gasteiger charge is 2.17. The van der Waals surface area contributed by atoms with E-state index in [9.17, 15) is 8.42 Å². The Morgan fingerprint density at radius 2 is 2.27 bits per heavy atom. The predicted molar refractivity (Wildman–Crippen MR) is 41.2 cm³/mol. The first kappa shape index (κ1) is 8.96. The van der Waals surface area contributed by atoms with E-state index in [1.165, 1.54) is 0 Å². The van der Waals surface area contributed by atoms with Gasteiger partial charge in [-0.3, -0.25) is 4.55 Å². The van der Waals surface area contributed by atoms with E-state index >= 15 is 0 Å². The van der Waals surface area contributed by atoms with Crippen LogP contribution in [-0.4, -0.2) is 19.0 Å². The van der Waals surface area contributed by atoms with Crippen molar-refractivity contribution in [1.29, 1.82) is 0 Å². The molecule has 5 heteroatoms. The summed E-state index contributed by atoms with van der Waals surface area (Å²) in [5, 5.41) is 0. The van der Waals surface area contributed by atoms with Gasteiger partial charge in [-0.25, -0.2) is 0 Å². The van der Waals surface area contributed by atoms with Gasteiger partial charge in [0.05, 0.1) is 0 Å². The molecule has 1 fully saturated rings. The molecular formula is C6H12NO3S. The number of nitrogens with one attached hydrogen (secondary N) is 1. The second kappa shape index (κ2) is 3.51. The lowest BCUT2D eigenvalue weighted by Crippen LogP contribution is -2.35. The molecule has 1 aliphatic rings. The summed E-state index contributed by atoms with van der Waals surface area (Å²) in [6.07, 6.45) is 5.61. The van der Waals surface area contributed by atoms with Crippen LogP contribution in [0.5, 0.6) is 0 Å². The van der Waals surface area contributed by atoms with Gasteiger partial charge in [-0.2, -0.15) is 13.1 Å². The van der Waals surface area contributed by atoms with Crippen LogP contribution in [0.15, 0.2) is 0 Å². The molecule has 1 saturated carbocycles. The third-order valence-electron chi connectivity index (χ3n) is 1.73. The highest BCUT2D eigenvalue weighted by Crippen LogP contribution is 2.16. The molecule has 0 spiro atoms. The van der Waals surface area contributed by atoms with Crippen LogP contribution in [0.3, 0.4) is 0 Å². The van der Waals surface area contributed by atoms with Crippen LogP contribution in [0.25, 0.3) is 0 Å². The Bertz CT molecular complexity index is 206. The molecule has 1 unspecified atom stereocenters. The highest BCUT2D eigenvalue weighted by atomic mass is 32.2. The molecule has 0 saturated heterocycles. The lowest BCUT2D eigenvalue weighted by atomic mass is 9.96. The van der Waals surface area contributed by atoms with Crippen molar-refractivity contribution in [3.63, 3.8) is 0 Å². The average molecular weight is 178 g/mol. The Kier molecular flexibility index (Phi) is 2.86. The summed E-state index contributed by atoms with van der Waals surface area (Å²) in [5.74, 6) is 0. The van der Waals surface area contributed by atoms with Crippen molar-refractivity contribution in [3.05, 3.63) is 6.42 Å². The van der Waals surface area contributed by atoms with Gasteiger partial charge in [-0.1, -0.05) is 12.8 Å². The van der Waals surface area contributed by atoms with E-state index in [0.717, 1.165) is 25.7 Å². The molecule has 11 heavy (non-hydrogen) atoms. The van der Waals surface area contributed by atoms with Gasteiger partial charge in [0.2, 0.25) is 0 Å². The van der Waals surface area contributed by atoms with E-state index in [4.69, 9.17) is 4.55 Å². The minimum Gasteiger partial charge on any atom is -0.273 e. The standard InChI is InChI=1S/C6H12NO3S/c8-11(9,10)7-6-4-2-1-3-5-6/h2,6-7H,1,3-5H2,(H,8,9,10). The van der Waals surface area contributed by atoms with Crippen LogP contribution in [0.1, 0.15) is 25.7 Å². The molecule has 1 radical (unpaired) electrons. The number of hydrogen-bond acceptors (Lipinski definition) is 2. The van der Waals surface area contributed by atoms with Crippen molar-refractivity contribution in [3.8, 4) is 0 Å². The average Bonchev–Trinajstić information content (AvgIpc) is 1.85. The normalized spacial score (nSPS) is 21.9.